The molecule has 0 bridgehead atoms. The van der Waals surface area contributed by atoms with E-state index in [2.05, 4.69) is 0 Å². The average molecular weight is 242 g/mol. The predicted molar refractivity (Wildman–Crippen MR) is 3.32 cm³/mol. The molecule has 0 aromatic rings. The second-order valence-electron chi connectivity index (χ2n) is 0.214. The van der Waals surface area contributed by atoms with E-state index in [1.54, 1.807) is 0 Å². The van der Waals surface area contributed by atoms with Gasteiger partial charge in [0, 0.05) is 25.8 Å². The maximum atomic E-state index is 9.88. The number of halogens is 3. The van der Waals surface area contributed by atoms with E-state index in [9.17, 15) is 2.73 Å². The molecule has 0 aliphatic carbocycles. The van der Waals surface area contributed by atoms with Crippen LogP contribution in [0.1, 0.15) is 0 Å². The Kier molecular flexibility index (Phi) is 12.2. The number of hydrogen-bond donors (Lipinski definition) is 0. The van der Waals surface area contributed by atoms with Crippen molar-refractivity contribution >= 4 is 0 Å². The summed E-state index contributed by atoms with van der Waals surface area (Å²) in [7, 11) is 0. The second kappa shape index (κ2) is 6.04. The molecule has 0 amide bonds. The van der Waals surface area contributed by atoms with Crippen LogP contribution in [0.5, 0.6) is 0 Å². The van der Waals surface area contributed by atoms with Gasteiger partial charge in [-0.05, 0) is 0 Å². The van der Waals surface area contributed by atoms with Crippen molar-refractivity contribution in [1.29, 1.82) is 0 Å². The molecule has 0 N–H and O–H groups in total. The first-order valence-corrected chi connectivity index (χ1v) is 4.13. The molecule has 0 aliphatic heterocycles. The molecule has 0 atom stereocenters. The molecular weight excluding hydrogens is 242 g/mol. The summed E-state index contributed by atoms with van der Waals surface area (Å²) in [6, 6.07) is 0. The van der Waals surface area contributed by atoms with Gasteiger partial charge in [-0.15, -0.1) is 0 Å². The summed E-state index contributed by atoms with van der Waals surface area (Å²) in [6.07, 6.45) is 0. The van der Waals surface area contributed by atoms with Crippen molar-refractivity contribution in [1.82, 2.24) is 0 Å². The van der Waals surface area contributed by atoms with E-state index in [4.69, 9.17) is 0 Å². The van der Waals surface area contributed by atoms with E-state index < -0.39 is 37.9 Å². The standard InChI is InChI=1S/Ce.3FH.Sc/h;3*1H;/q+3;;;;/p-3. The summed E-state index contributed by atoms with van der Waals surface area (Å²) in [4.78, 5) is 0. The van der Waals surface area contributed by atoms with Crippen molar-refractivity contribution in [3.8, 4) is 0 Å². The fraction of sp³-hybridized carbons (Fsp3) is 0. The Morgan fingerprint density at radius 3 is 1.00 bits per heavy atom. The first-order chi connectivity index (χ1) is 1.73. The molecular formula is CeF3Sc. The minimum atomic E-state index is -5.16. The van der Waals surface area contributed by atoms with Crippen LogP contribution in [-0.2, 0) is 25.8 Å². The molecule has 0 aromatic carbocycles. The molecule has 5 heavy (non-hydrogen) atoms. The summed E-state index contributed by atoms with van der Waals surface area (Å²) in [5.74, 6) is 0. The molecule has 0 spiro atoms. The van der Waals surface area contributed by atoms with Crippen LogP contribution >= 0.6 is 0 Å². The van der Waals surface area contributed by atoms with Crippen molar-refractivity contribution in [2.45, 2.75) is 0 Å². The van der Waals surface area contributed by atoms with Crippen molar-refractivity contribution < 1.29 is 66.5 Å². The zero-order valence-corrected chi connectivity index (χ0v) is 7.15. The van der Waals surface area contributed by atoms with Gasteiger partial charge in [-0.2, -0.15) is 0 Å². The van der Waals surface area contributed by atoms with Crippen LogP contribution in [0.2, 0.25) is 0 Å². The molecule has 0 rings (SSSR count). The van der Waals surface area contributed by atoms with Crippen LogP contribution < -0.4 is 0 Å². The summed E-state index contributed by atoms with van der Waals surface area (Å²) < 4.78 is 29.6. The number of rotatable bonds is 0. The van der Waals surface area contributed by atoms with Crippen molar-refractivity contribution in [3.63, 3.8) is 0 Å². The number of hydrogen-bond acceptors (Lipinski definition) is 0. The minimum absolute atomic E-state index is 0. The van der Waals surface area contributed by atoms with Gasteiger partial charge >= 0.3 is 40.7 Å². The third-order valence-corrected chi connectivity index (χ3v) is 0. The van der Waals surface area contributed by atoms with Gasteiger partial charge in [0.15, 0.2) is 0 Å². The Morgan fingerprint density at radius 2 is 1.00 bits per heavy atom. The normalized spacial score (nSPS) is 5.40. The van der Waals surface area contributed by atoms with E-state index in [0.717, 1.165) is 0 Å². The van der Waals surface area contributed by atoms with Crippen LogP contribution in [0.25, 0.3) is 0 Å². The quantitative estimate of drug-likeness (QED) is 0.599. The first-order valence-electron chi connectivity index (χ1n) is 0.567. The Balaban J connectivity index is 0. The van der Waals surface area contributed by atoms with E-state index in [-0.39, 0.29) is 25.8 Å². The molecule has 0 nitrogen and oxygen atoms in total. The van der Waals surface area contributed by atoms with Gasteiger partial charge in [0.05, 0.1) is 0 Å². The molecule has 0 saturated heterocycles. The van der Waals surface area contributed by atoms with Gasteiger partial charge in [-0.1, -0.05) is 0 Å². The van der Waals surface area contributed by atoms with Crippen LogP contribution in [0.15, 0.2) is 0 Å². The van der Waals surface area contributed by atoms with Crippen LogP contribution in [-0.4, -0.2) is 0 Å². The third-order valence-electron chi connectivity index (χ3n) is 0. The maximum absolute atomic E-state index is 9.88. The zero-order valence-electron chi connectivity index (χ0n) is 2.21. The average Bonchev–Trinajstić information content (AvgIpc) is 0.811. The fourth-order valence-corrected chi connectivity index (χ4v) is 0. The van der Waals surface area contributed by atoms with Gasteiger partial charge in [0.2, 0.25) is 0 Å². The summed E-state index contributed by atoms with van der Waals surface area (Å²) in [5, 5.41) is 0. The van der Waals surface area contributed by atoms with Crippen molar-refractivity contribution in [2.24, 2.45) is 0 Å². The molecule has 28 valence electrons. The Labute approximate surface area is 65.2 Å². The van der Waals surface area contributed by atoms with E-state index in [0.29, 0.717) is 0 Å². The Bertz CT molecular complexity index is 11.6. The van der Waals surface area contributed by atoms with Gasteiger partial charge in [-0.25, -0.2) is 0 Å². The summed E-state index contributed by atoms with van der Waals surface area (Å²) in [6.45, 7) is 0. The Morgan fingerprint density at radius 1 is 1.00 bits per heavy atom. The molecule has 0 fully saturated rings. The molecule has 0 aliphatic rings. The molecule has 0 aromatic heterocycles. The SMILES string of the molecule is [F][Ce]([F])[F].[Sc]. The molecule has 0 saturated carbocycles. The summed E-state index contributed by atoms with van der Waals surface area (Å²) >= 11 is -5.16. The smallest absolute Gasteiger partial charge is 0 e. The van der Waals surface area contributed by atoms with E-state index in [1.807, 2.05) is 0 Å². The van der Waals surface area contributed by atoms with E-state index >= 15 is 0 Å². The van der Waals surface area contributed by atoms with Crippen LogP contribution in [0.4, 0.5) is 2.73 Å². The summed E-state index contributed by atoms with van der Waals surface area (Å²) in [5.41, 5.74) is 0. The Hall–Kier alpha value is 2.04. The fourth-order valence-electron chi connectivity index (χ4n) is 0. The van der Waals surface area contributed by atoms with Crippen molar-refractivity contribution in [3.05, 3.63) is 0 Å². The van der Waals surface area contributed by atoms with Gasteiger partial charge in [-0.3, -0.25) is 0 Å². The van der Waals surface area contributed by atoms with Crippen molar-refractivity contribution in [2.75, 3.05) is 0 Å². The zero-order chi connectivity index (χ0) is 3.58. The topological polar surface area (TPSA) is 0 Å². The maximum Gasteiger partial charge on any atom is 0 e. The second-order valence-corrected chi connectivity index (χ2v) is 1.56. The molecule has 5 heteroatoms. The molecule has 0 heterocycles. The van der Waals surface area contributed by atoms with Gasteiger partial charge in [0.25, 0.3) is 0 Å². The molecule has 0 unspecified atom stereocenters. The minimum Gasteiger partial charge on any atom is 0 e. The monoisotopic (exact) mass is 242 g/mol. The van der Waals surface area contributed by atoms with Gasteiger partial charge in [0.1, 0.15) is 0 Å². The van der Waals surface area contributed by atoms with Crippen LogP contribution in [0, 0.1) is 37.9 Å². The van der Waals surface area contributed by atoms with Gasteiger partial charge < -0.3 is 0 Å². The predicted octanol–water partition coefficient (Wildman–Crippen LogP) is 1.26. The third kappa shape index (κ3) is 23.7. The first kappa shape index (κ1) is 10.1. The largest absolute Gasteiger partial charge is 0 e. The van der Waals surface area contributed by atoms with E-state index in [1.165, 1.54) is 0 Å². The molecule has 1 radical (unpaired) electrons. The van der Waals surface area contributed by atoms with Crippen LogP contribution in [0.3, 0.4) is 0 Å².